The lowest BCUT2D eigenvalue weighted by Gasteiger charge is -2.21. The first-order valence-electron chi connectivity index (χ1n) is 13.9. The Morgan fingerprint density at radius 3 is 2.02 bits per heavy atom. The summed E-state index contributed by atoms with van der Waals surface area (Å²) in [6, 6.07) is 24.6. The first kappa shape index (κ1) is 28.9. The number of benzene rings is 3. The number of carbonyl (C=O) groups is 2. The Labute approximate surface area is 236 Å². The molecule has 1 atom stereocenters. The molecule has 1 heterocycles. The molecule has 4 aromatic rings. The highest BCUT2D eigenvalue weighted by atomic mass is 16.6. The molecule has 0 radical (unpaired) electrons. The molecule has 0 saturated heterocycles. The third kappa shape index (κ3) is 7.29. The van der Waals surface area contributed by atoms with Crippen molar-refractivity contribution < 1.29 is 14.3 Å². The highest BCUT2D eigenvalue weighted by Gasteiger charge is 2.23. The van der Waals surface area contributed by atoms with E-state index in [1.54, 1.807) is 0 Å². The van der Waals surface area contributed by atoms with Crippen LogP contribution in [0, 0.1) is 13.8 Å². The highest BCUT2D eigenvalue weighted by molar-refractivity contribution is 5.78. The number of amides is 2. The number of carbonyl (C=O) groups excluding carboxylic acids is 2. The number of imidazole rings is 1. The van der Waals surface area contributed by atoms with Gasteiger partial charge in [0.2, 0.25) is 11.5 Å². The summed E-state index contributed by atoms with van der Waals surface area (Å²) in [7, 11) is 0. The van der Waals surface area contributed by atoms with Crippen LogP contribution < -0.4 is 10.9 Å². The average Bonchev–Trinajstić information content (AvgIpc) is 3.20. The molecule has 0 saturated carbocycles. The minimum atomic E-state index is -0.685. The van der Waals surface area contributed by atoms with Gasteiger partial charge in [0.25, 0.3) is 0 Å². The van der Waals surface area contributed by atoms with Crippen LogP contribution in [0.4, 0.5) is 4.79 Å². The maximum absolute atomic E-state index is 13.2. The first-order chi connectivity index (χ1) is 19.0. The second-order valence-electron chi connectivity index (χ2n) is 11.3. The van der Waals surface area contributed by atoms with Gasteiger partial charge in [-0.1, -0.05) is 78.7 Å². The fourth-order valence-corrected chi connectivity index (χ4v) is 4.72. The number of ether oxygens (including phenoxy) is 1. The standard InChI is InChI=1S/C33H40N4O3/c1-7-30(38)34-21-27(20-25-16-12-23(2)13-17-25)37-29-11-9-8-10-28(29)36(22-26-18-14-24(3)15-19-26)31(37)35-32(39)40-33(4,5)6/h8-19,27H,7,20-22H2,1-6H3,(H,34,38). The van der Waals surface area contributed by atoms with E-state index in [1.165, 1.54) is 11.1 Å². The van der Waals surface area contributed by atoms with Crippen LogP contribution in [0.15, 0.2) is 77.8 Å². The highest BCUT2D eigenvalue weighted by Crippen LogP contribution is 2.22. The van der Waals surface area contributed by atoms with Crippen molar-refractivity contribution in [1.82, 2.24) is 14.5 Å². The van der Waals surface area contributed by atoms with Gasteiger partial charge in [0, 0.05) is 13.0 Å². The second-order valence-corrected chi connectivity index (χ2v) is 11.3. The Kier molecular flexibility index (Phi) is 8.93. The van der Waals surface area contributed by atoms with Gasteiger partial charge in [-0.25, -0.2) is 4.79 Å². The summed E-state index contributed by atoms with van der Waals surface area (Å²) >= 11 is 0. The normalized spacial score (nSPS) is 12.9. The SMILES string of the molecule is CCC(=O)NCC(Cc1ccc(C)cc1)n1c(=NC(=O)OC(C)(C)C)n(Cc2ccc(C)cc2)c2ccccc21. The molecule has 1 aromatic heterocycles. The van der Waals surface area contributed by atoms with Crippen molar-refractivity contribution in [1.29, 1.82) is 0 Å². The molecule has 0 aliphatic rings. The minimum Gasteiger partial charge on any atom is -0.442 e. The quantitative estimate of drug-likeness (QED) is 0.287. The zero-order valence-electron chi connectivity index (χ0n) is 24.4. The molecule has 1 unspecified atom stereocenters. The fraction of sp³-hybridized carbons (Fsp3) is 0.364. The smallest absolute Gasteiger partial charge is 0.437 e. The Morgan fingerprint density at radius 1 is 0.875 bits per heavy atom. The summed E-state index contributed by atoms with van der Waals surface area (Å²) in [5, 5.41) is 3.08. The molecule has 0 spiro atoms. The van der Waals surface area contributed by atoms with E-state index in [-0.39, 0.29) is 11.9 Å². The first-order valence-corrected chi connectivity index (χ1v) is 13.9. The summed E-state index contributed by atoms with van der Waals surface area (Å²) in [6.45, 7) is 12.4. The summed E-state index contributed by atoms with van der Waals surface area (Å²) in [6.07, 6.45) is 0.386. The van der Waals surface area contributed by atoms with E-state index >= 15 is 0 Å². The van der Waals surface area contributed by atoms with Gasteiger partial charge in [0.15, 0.2) is 0 Å². The molecule has 210 valence electrons. The van der Waals surface area contributed by atoms with Crippen LogP contribution >= 0.6 is 0 Å². The second kappa shape index (κ2) is 12.4. The van der Waals surface area contributed by atoms with Crippen molar-refractivity contribution in [2.24, 2.45) is 4.99 Å². The predicted molar refractivity (Wildman–Crippen MR) is 159 cm³/mol. The number of aromatic nitrogens is 2. The molecule has 1 N–H and O–H groups in total. The van der Waals surface area contributed by atoms with Crippen LogP contribution in [-0.2, 0) is 22.5 Å². The fourth-order valence-electron chi connectivity index (χ4n) is 4.72. The van der Waals surface area contributed by atoms with Gasteiger partial charge in [-0.05, 0) is 64.3 Å². The zero-order valence-corrected chi connectivity index (χ0v) is 24.4. The lowest BCUT2D eigenvalue weighted by atomic mass is 10.0. The summed E-state index contributed by atoms with van der Waals surface area (Å²) in [4.78, 5) is 30.1. The van der Waals surface area contributed by atoms with Crippen LogP contribution in [0.3, 0.4) is 0 Å². The van der Waals surface area contributed by atoms with Gasteiger partial charge in [0.05, 0.1) is 23.6 Å². The van der Waals surface area contributed by atoms with Crippen LogP contribution in [0.25, 0.3) is 11.0 Å². The number of para-hydroxylation sites is 2. The molecule has 2 amide bonds. The van der Waals surface area contributed by atoms with Crippen molar-refractivity contribution in [3.05, 3.63) is 101 Å². The van der Waals surface area contributed by atoms with Crippen LogP contribution in [0.2, 0.25) is 0 Å². The number of fused-ring (bicyclic) bond motifs is 1. The Bertz CT molecular complexity index is 1540. The molecule has 0 bridgehead atoms. The van der Waals surface area contributed by atoms with E-state index in [0.29, 0.717) is 31.5 Å². The molecule has 40 heavy (non-hydrogen) atoms. The van der Waals surface area contributed by atoms with Crippen molar-refractivity contribution >= 4 is 23.0 Å². The monoisotopic (exact) mass is 540 g/mol. The summed E-state index contributed by atoms with van der Waals surface area (Å²) < 4.78 is 9.79. The maximum Gasteiger partial charge on any atom is 0.437 e. The molecule has 0 aliphatic carbocycles. The number of hydrogen-bond acceptors (Lipinski definition) is 3. The molecule has 0 aliphatic heterocycles. The zero-order chi connectivity index (χ0) is 28.9. The number of nitrogens with zero attached hydrogens (tertiary/aromatic N) is 3. The largest absolute Gasteiger partial charge is 0.442 e. The van der Waals surface area contributed by atoms with Gasteiger partial charge in [-0.2, -0.15) is 0 Å². The molecule has 7 heteroatoms. The van der Waals surface area contributed by atoms with Crippen molar-refractivity contribution in [2.45, 2.75) is 72.6 Å². The minimum absolute atomic E-state index is 0.0245. The molecular formula is C33H40N4O3. The predicted octanol–water partition coefficient (Wildman–Crippen LogP) is 6.25. The molecule has 4 rings (SSSR count). The average molecular weight is 541 g/mol. The van der Waals surface area contributed by atoms with Crippen molar-refractivity contribution in [2.75, 3.05) is 6.54 Å². The van der Waals surface area contributed by atoms with E-state index < -0.39 is 11.7 Å². The maximum atomic E-state index is 13.2. The number of nitrogens with one attached hydrogen (secondary N) is 1. The van der Waals surface area contributed by atoms with Crippen molar-refractivity contribution in [3.8, 4) is 0 Å². The van der Waals surface area contributed by atoms with Gasteiger partial charge >= 0.3 is 6.09 Å². The molecule has 0 fully saturated rings. The summed E-state index contributed by atoms with van der Waals surface area (Å²) in [5.74, 6) is -0.0245. The Hall–Kier alpha value is -4.13. The van der Waals surface area contributed by atoms with E-state index in [4.69, 9.17) is 4.74 Å². The van der Waals surface area contributed by atoms with Crippen LogP contribution in [-0.4, -0.2) is 33.3 Å². The van der Waals surface area contributed by atoms with Crippen molar-refractivity contribution in [3.63, 3.8) is 0 Å². The van der Waals surface area contributed by atoms with Gasteiger partial charge in [-0.3, -0.25) is 4.79 Å². The third-order valence-corrected chi connectivity index (χ3v) is 6.75. The molecular weight excluding hydrogens is 500 g/mol. The van der Waals surface area contributed by atoms with E-state index in [0.717, 1.165) is 22.2 Å². The third-order valence-electron chi connectivity index (χ3n) is 6.75. The van der Waals surface area contributed by atoms with E-state index in [9.17, 15) is 9.59 Å². The summed E-state index contributed by atoms with van der Waals surface area (Å²) in [5.41, 5.74) is 6.26. The number of hydrogen-bond donors (Lipinski definition) is 1. The van der Waals surface area contributed by atoms with Crippen LogP contribution in [0.5, 0.6) is 0 Å². The van der Waals surface area contributed by atoms with Crippen LogP contribution in [0.1, 0.15) is 62.4 Å². The molecule has 7 nitrogen and oxygen atoms in total. The lowest BCUT2D eigenvalue weighted by Crippen LogP contribution is -2.38. The molecule has 3 aromatic carbocycles. The van der Waals surface area contributed by atoms with E-state index in [1.807, 2.05) is 52.0 Å². The number of rotatable bonds is 8. The lowest BCUT2D eigenvalue weighted by molar-refractivity contribution is -0.120. The van der Waals surface area contributed by atoms with E-state index in [2.05, 4.69) is 81.8 Å². The Morgan fingerprint density at radius 2 is 1.45 bits per heavy atom. The topological polar surface area (TPSA) is 77.6 Å². The van der Waals surface area contributed by atoms with Gasteiger partial charge < -0.3 is 19.2 Å². The Balaban J connectivity index is 1.94. The van der Waals surface area contributed by atoms with Gasteiger partial charge in [-0.15, -0.1) is 4.99 Å². The number of aryl methyl sites for hydroxylation is 2. The van der Waals surface area contributed by atoms with Gasteiger partial charge in [0.1, 0.15) is 5.60 Å².